The van der Waals surface area contributed by atoms with Crippen molar-refractivity contribution in [1.29, 1.82) is 0 Å². The Bertz CT molecular complexity index is 460. The molecule has 2 rings (SSSR count). The number of aliphatic hydroxyl groups excluding tert-OH is 1. The molecule has 0 aliphatic heterocycles. The molecular weight excluding hydrogens is 186 g/mol. The van der Waals surface area contributed by atoms with Crippen molar-refractivity contribution in [1.82, 2.24) is 4.98 Å². The molecule has 2 atom stereocenters. The Hall–Kier alpha value is -1.41. The molecule has 2 heteroatoms. The van der Waals surface area contributed by atoms with Crippen LogP contribution in [0.3, 0.4) is 0 Å². The van der Waals surface area contributed by atoms with Gasteiger partial charge in [-0.3, -0.25) is 4.98 Å². The molecule has 0 saturated carbocycles. The minimum absolute atomic E-state index is 0.137. The first kappa shape index (κ1) is 10.1. The molecule has 1 N–H and O–H groups in total. The average molecular weight is 201 g/mol. The van der Waals surface area contributed by atoms with Crippen LogP contribution in [-0.4, -0.2) is 16.2 Å². The number of fused-ring (bicyclic) bond motifs is 1. The third-order valence-corrected chi connectivity index (χ3v) is 2.89. The van der Waals surface area contributed by atoms with E-state index in [4.69, 9.17) is 0 Å². The number of hydrogen-bond donors (Lipinski definition) is 1. The summed E-state index contributed by atoms with van der Waals surface area (Å²) in [7, 11) is 0. The van der Waals surface area contributed by atoms with Gasteiger partial charge in [0.15, 0.2) is 0 Å². The molecule has 0 aliphatic carbocycles. The quantitative estimate of drug-likeness (QED) is 0.810. The van der Waals surface area contributed by atoms with Gasteiger partial charge in [-0.15, -0.1) is 0 Å². The molecule has 2 unspecified atom stereocenters. The maximum atomic E-state index is 9.61. The minimum atomic E-state index is -0.337. The first-order valence-electron chi connectivity index (χ1n) is 5.22. The lowest BCUT2D eigenvalue weighted by Gasteiger charge is -2.16. The Morgan fingerprint density at radius 3 is 2.67 bits per heavy atom. The zero-order valence-corrected chi connectivity index (χ0v) is 9.01. The summed E-state index contributed by atoms with van der Waals surface area (Å²) >= 11 is 0. The van der Waals surface area contributed by atoms with Crippen molar-refractivity contribution >= 4 is 10.9 Å². The molecule has 1 aromatic carbocycles. The van der Waals surface area contributed by atoms with E-state index < -0.39 is 0 Å². The second-order valence-corrected chi connectivity index (χ2v) is 3.95. The fraction of sp³-hybridized carbons (Fsp3) is 0.308. The van der Waals surface area contributed by atoms with Crippen LogP contribution in [0.5, 0.6) is 0 Å². The Morgan fingerprint density at radius 1 is 1.13 bits per heavy atom. The summed E-state index contributed by atoms with van der Waals surface area (Å²) in [4.78, 5) is 4.30. The number of aromatic nitrogens is 1. The van der Waals surface area contributed by atoms with Crippen LogP contribution >= 0.6 is 0 Å². The molecule has 2 nitrogen and oxygen atoms in total. The van der Waals surface area contributed by atoms with Crippen molar-refractivity contribution < 1.29 is 5.11 Å². The van der Waals surface area contributed by atoms with Crippen LogP contribution in [0.2, 0.25) is 0 Å². The molecule has 15 heavy (non-hydrogen) atoms. The predicted octanol–water partition coefficient (Wildman–Crippen LogP) is 2.72. The highest BCUT2D eigenvalue weighted by Gasteiger charge is 2.13. The number of hydrogen-bond acceptors (Lipinski definition) is 2. The summed E-state index contributed by atoms with van der Waals surface area (Å²) < 4.78 is 0. The van der Waals surface area contributed by atoms with Crippen molar-refractivity contribution in [2.45, 2.75) is 25.9 Å². The molecule has 2 aromatic rings. The Morgan fingerprint density at radius 2 is 1.93 bits per heavy atom. The average Bonchev–Trinajstić information content (AvgIpc) is 2.27. The van der Waals surface area contributed by atoms with E-state index in [1.54, 1.807) is 6.20 Å². The van der Waals surface area contributed by atoms with Crippen molar-refractivity contribution in [3.8, 4) is 0 Å². The van der Waals surface area contributed by atoms with Gasteiger partial charge in [-0.1, -0.05) is 25.1 Å². The highest BCUT2D eigenvalue weighted by Crippen LogP contribution is 2.26. The van der Waals surface area contributed by atoms with Crippen LogP contribution < -0.4 is 0 Å². The van der Waals surface area contributed by atoms with Crippen LogP contribution in [0, 0.1) is 0 Å². The highest BCUT2D eigenvalue weighted by atomic mass is 16.3. The third kappa shape index (κ3) is 1.85. The summed E-state index contributed by atoms with van der Waals surface area (Å²) in [6.45, 7) is 3.85. The van der Waals surface area contributed by atoms with Gasteiger partial charge in [0.05, 0.1) is 11.6 Å². The number of rotatable bonds is 2. The predicted molar refractivity (Wildman–Crippen MR) is 61.8 cm³/mol. The largest absolute Gasteiger partial charge is 0.393 e. The Kier molecular flexibility index (Phi) is 2.69. The van der Waals surface area contributed by atoms with Gasteiger partial charge in [0.25, 0.3) is 0 Å². The molecule has 78 valence electrons. The van der Waals surface area contributed by atoms with E-state index >= 15 is 0 Å². The Labute approximate surface area is 89.6 Å². The fourth-order valence-corrected chi connectivity index (χ4v) is 1.78. The van der Waals surface area contributed by atoms with Crippen LogP contribution in [0.25, 0.3) is 10.9 Å². The lowest BCUT2D eigenvalue weighted by atomic mass is 9.93. The van der Waals surface area contributed by atoms with Crippen LogP contribution in [0.15, 0.2) is 36.5 Å². The minimum Gasteiger partial charge on any atom is -0.393 e. The van der Waals surface area contributed by atoms with Crippen molar-refractivity contribution in [2.75, 3.05) is 0 Å². The molecular formula is C13H15NO. The van der Waals surface area contributed by atoms with E-state index in [0.717, 1.165) is 16.5 Å². The number of aliphatic hydroxyl groups is 1. The molecule has 0 aliphatic rings. The fourth-order valence-electron chi connectivity index (χ4n) is 1.78. The molecule has 0 fully saturated rings. The van der Waals surface area contributed by atoms with Crippen molar-refractivity contribution in [3.63, 3.8) is 0 Å². The van der Waals surface area contributed by atoms with E-state index in [9.17, 15) is 5.11 Å². The summed E-state index contributed by atoms with van der Waals surface area (Å²) in [6.07, 6.45) is 1.45. The van der Waals surface area contributed by atoms with Gasteiger partial charge < -0.3 is 5.11 Å². The van der Waals surface area contributed by atoms with Crippen molar-refractivity contribution in [3.05, 3.63) is 42.1 Å². The van der Waals surface area contributed by atoms with Crippen LogP contribution in [-0.2, 0) is 0 Å². The van der Waals surface area contributed by atoms with Gasteiger partial charge in [-0.05, 0) is 24.6 Å². The van der Waals surface area contributed by atoms with Gasteiger partial charge in [0, 0.05) is 17.5 Å². The molecule has 0 saturated heterocycles. The summed E-state index contributed by atoms with van der Waals surface area (Å²) in [5.41, 5.74) is 2.15. The summed E-state index contributed by atoms with van der Waals surface area (Å²) in [5.74, 6) is 0.137. The van der Waals surface area contributed by atoms with Crippen LogP contribution in [0.1, 0.15) is 25.3 Å². The third-order valence-electron chi connectivity index (χ3n) is 2.89. The van der Waals surface area contributed by atoms with Gasteiger partial charge in [-0.2, -0.15) is 0 Å². The molecule has 0 spiro atoms. The zero-order valence-electron chi connectivity index (χ0n) is 9.01. The zero-order chi connectivity index (χ0) is 10.8. The number of benzene rings is 1. The lowest BCUT2D eigenvalue weighted by Crippen LogP contribution is -2.11. The van der Waals surface area contributed by atoms with Crippen LogP contribution in [0.4, 0.5) is 0 Å². The molecule has 1 aromatic heterocycles. The number of pyridine rings is 1. The van der Waals surface area contributed by atoms with E-state index in [2.05, 4.69) is 17.1 Å². The molecule has 1 heterocycles. The van der Waals surface area contributed by atoms with E-state index in [1.165, 1.54) is 0 Å². The van der Waals surface area contributed by atoms with Gasteiger partial charge in [-0.25, -0.2) is 0 Å². The normalized spacial score (nSPS) is 15.1. The monoisotopic (exact) mass is 201 g/mol. The molecule has 0 radical (unpaired) electrons. The first-order valence-corrected chi connectivity index (χ1v) is 5.22. The number of nitrogens with zero attached hydrogens (tertiary/aromatic N) is 1. The summed E-state index contributed by atoms with van der Waals surface area (Å²) in [6, 6.07) is 10.0. The van der Waals surface area contributed by atoms with Gasteiger partial charge in [0.2, 0.25) is 0 Å². The van der Waals surface area contributed by atoms with Gasteiger partial charge in [0.1, 0.15) is 0 Å². The van der Waals surface area contributed by atoms with Gasteiger partial charge >= 0.3 is 0 Å². The second kappa shape index (κ2) is 3.99. The topological polar surface area (TPSA) is 33.1 Å². The maximum absolute atomic E-state index is 9.61. The lowest BCUT2D eigenvalue weighted by molar-refractivity contribution is 0.169. The van der Waals surface area contributed by atoms with E-state index in [1.807, 2.05) is 32.0 Å². The van der Waals surface area contributed by atoms with E-state index in [0.29, 0.717) is 0 Å². The van der Waals surface area contributed by atoms with E-state index in [-0.39, 0.29) is 12.0 Å². The smallest absolute Gasteiger partial charge is 0.0704 e. The first-order chi connectivity index (χ1) is 7.20. The molecule has 0 bridgehead atoms. The second-order valence-electron chi connectivity index (χ2n) is 3.95. The highest BCUT2D eigenvalue weighted by molar-refractivity contribution is 5.82. The summed E-state index contributed by atoms with van der Waals surface area (Å²) in [5, 5.41) is 10.7. The van der Waals surface area contributed by atoms with Crippen molar-refractivity contribution in [2.24, 2.45) is 0 Å². The standard InChI is InChI=1S/C13H15NO/c1-9(10(2)15)11-5-3-7-13-12(11)6-4-8-14-13/h3-10,15H,1-2H3. The molecule has 0 amide bonds. The maximum Gasteiger partial charge on any atom is 0.0704 e. The Balaban J connectivity index is 2.60. The SMILES string of the molecule is CC(O)C(C)c1cccc2ncccc12.